The largest absolute Gasteiger partial charge is 0.481 e. The maximum Gasteiger partial charge on any atom is 0.307 e. The number of hydrogen-bond donors (Lipinski definition) is 2. The van der Waals surface area contributed by atoms with Gasteiger partial charge >= 0.3 is 5.97 Å². The lowest BCUT2D eigenvalue weighted by atomic mass is 9.73. The molecule has 1 fully saturated rings. The third-order valence-corrected chi connectivity index (χ3v) is 4.24. The number of hydrogen-bond acceptors (Lipinski definition) is 2. The number of amides is 1. The molecule has 1 saturated carbocycles. The van der Waals surface area contributed by atoms with E-state index < -0.39 is 23.2 Å². The number of rotatable bonds is 5. The van der Waals surface area contributed by atoms with Gasteiger partial charge in [0.15, 0.2) is 0 Å². The van der Waals surface area contributed by atoms with E-state index in [1.54, 1.807) is 6.07 Å². The summed E-state index contributed by atoms with van der Waals surface area (Å²) in [7, 11) is 0. The average Bonchev–Trinajstić information content (AvgIpc) is 2.34. The number of nitrogens with one attached hydrogen (secondary N) is 1. The van der Waals surface area contributed by atoms with E-state index in [9.17, 15) is 14.0 Å². The summed E-state index contributed by atoms with van der Waals surface area (Å²) >= 11 is 0. The summed E-state index contributed by atoms with van der Waals surface area (Å²) in [5.41, 5.74) is 0.381. The fourth-order valence-electron chi connectivity index (χ4n) is 2.56. The quantitative estimate of drug-likeness (QED) is 0.875. The number of aliphatic carboxylic acids is 1. The van der Waals surface area contributed by atoms with Gasteiger partial charge in [-0.25, -0.2) is 4.39 Å². The summed E-state index contributed by atoms with van der Waals surface area (Å²) in [6.07, 6.45) is 1.17. The zero-order chi connectivity index (χ0) is 15.6. The SMILES string of the molecule is CC(C)(CNC(=O)C1CCC1C(=O)O)c1cccc(F)c1. The molecule has 2 atom stereocenters. The van der Waals surface area contributed by atoms with Crippen molar-refractivity contribution in [3.8, 4) is 0 Å². The molecule has 1 amide bonds. The lowest BCUT2D eigenvalue weighted by Gasteiger charge is -2.33. The molecule has 2 rings (SSSR count). The van der Waals surface area contributed by atoms with Gasteiger partial charge < -0.3 is 10.4 Å². The van der Waals surface area contributed by atoms with Crippen molar-refractivity contribution >= 4 is 11.9 Å². The Morgan fingerprint density at radius 1 is 1.33 bits per heavy atom. The zero-order valence-electron chi connectivity index (χ0n) is 12.2. The average molecular weight is 293 g/mol. The van der Waals surface area contributed by atoms with E-state index in [2.05, 4.69) is 5.32 Å². The van der Waals surface area contributed by atoms with Gasteiger partial charge in [0.1, 0.15) is 5.82 Å². The van der Waals surface area contributed by atoms with Crippen molar-refractivity contribution in [1.82, 2.24) is 5.32 Å². The van der Waals surface area contributed by atoms with Gasteiger partial charge in [-0.05, 0) is 30.5 Å². The van der Waals surface area contributed by atoms with Gasteiger partial charge in [-0.3, -0.25) is 9.59 Å². The lowest BCUT2D eigenvalue weighted by molar-refractivity contribution is -0.152. The van der Waals surface area contributed by atoms with Crippen molar-refractivity contribution in [1.29, 1.82) is 0 Å². The van der Waals surface area contributed by atoms with Crippen LogP contribution in [-0.2, 0) is 15.0 Å². The minimum absolute atomic E-state index is 0.224. The molecule has 0 heterocycles. The van der Waals surface area contributed by atoms with Gasteiger partial charge in [0.2, 0.25) is 5.91 Å². The summed E-state index contributed by atoms with van der Waals surface area (Å²) in [6.45, 7) is 4.17. The summed E-state index contributed by atoms with van der Waals surface area (Å²) in [6, 6.07) is 6.29. The molecule has 1 aromatic carbocycles. The summed E-state index contributed by atoms with van der Waals surface area (Å²) in [5.74, 6) is -2.45. The Labute approximate surface area is 123 Å². The Morgan fingerprint density at radius 3 is 2.52 bits per heavy atom. The second-order valence-corrected chi connectivity index (χ2v) is 6.24. The standard InChI is InChI=1S/C16H20FNO3/c1-16(2,10-4-3-5-11(17)8-10)9-18-14(19)12-6-7-13(12)15(20)21/h3-5,8,12-13H,6-7,9H2,1-2H3,(H,18,19)(H,20,21). The molecule has 114 valence electrons. The van der Waals surface area contributed by atoms with Crippen LogP contribution >= 0.6 is 0 Å². The van der Waals surface area contributed by atoms with E-state index in [1.165, 1.54) is 12.1 Å². The molecular weight excluding hydrogens is 273 g/mol. The molecule has 0 radical (unpaired) electrons. The molecule has 0 aromatic heterocycles. The van der Waals surface area contributed by atoms with Gasteiger partial charge in [-0.1, -0.05) is 26.0 Å². The highest BCUT2D eigenvalue weighted by Gasteiger charge is 2.41. The van der Waals surface area contributed by atoms with Gasteiger partial charge in [0.05, 0.1) is 11.8 Å². The predicted octanol–water partition coefficient (Wildman–Crippen LogP) is 2.33. The Morgan fingerprint density at radius 2 is 2.00 bits per heavy atom. The number of benzene rings is 1. The molecule has 1 aliphatic rings. The highest BCUT2D eigenvalue weighted by Crippen LogP contribution is 2.34. The smallest absolute Gasteiger partial charge is 0.307 e. The second kappa shape index (κ2) is 5.84. The van der Waals surface area contributed by atoms with Crippen LogP contribution in [0.4, 0.5) is 4.39 Å². The molecule has 0 bridgehead atoms. The first-order valence-electron chi connectivity index (χ1n) is 7.08. The molecule has 0 aliphatic heterocycles. The first-order valence-corrected chi connectivity index (χ1v) is 7.08. The minimum Gasteiger partial charge on any atom is -0.481 e. The van der Waals surface area contributed by atoms with Gasteiger partial charge in [0, 0.05) is 12.0 Å². The molecule has 4 nitrogen and oxygen atoms in total. The zero-order valence-corrected chi connectivity index (χ0v) is 12.2. The van der Waals surface area contributed by atoms with Crippen LogP contribution in [-0.4, -0.2) is 23.5 Å². The van der Waals surface area contributed by atoms with Crippen molar-refractivity contribution in [3.05, 3.63) is 35.6 Å². The van der Waals surface area contributed by atoms with Crippen LogP contribution < -0.4 is 5.32 Å². The number of carbonyl (C=O) groups excluding carboxylic acids is 1. The fraction of sp³-hybridized carbons (Fsp3) is 0.500. The molecule has 21 heavy (non-hydrogen) atoms. The van der Waals surface area contributed by atoms with Crippen LogP contribution in [0.3, 0.4) is 0 Å². The minimum atomic E-state index is -0.911. The summed E-state index contributed by atoms with van der Waals surface area (Å²) in [4.78, 5) is 23.0. The predicted molar refractivity (Wildman–Crippen MR) is 76.3 cm³/mol. The number of carboxylic acid groups (broad SMARTS) is 1. The third kappa shape index (κ3) is 3.40. The normalized spacial score (nSPS) is 21.5. The molecular formula is C16H20FNO3. The maximum atomic E-state index is 13.3. The molecule has 1 aliphatic carbocycles. The lowest BCUT2D eigenvalue weighted by Crippen LogP contribution is -2.47. The number of carbonyl (C=O) groups is 2. The van der Waals surface area contributed by atoms with Crippen molar-refractivity contribution in [3.63, 3.8) is 0 Å². The fourth-order valence-corrected chi connectivity index (χ4v) is 2.56. The highest BCUT2D eigenvalue weighted by atomic mass is 19.1. The van der Waals surface area contributed by atoms with Crippen LogP contribution in [0.1, 0.15) is 32.3 Å². The van der Waals surface area contributed by atoms with E-state index in [0.717, 1.165) is 5.56 Å². The van der Waals surface area contributed by atoms with Crippen LogP contribution in [0.15, 0.2) is 24.3 Å². The molecule has 1 aromatic rings. The van der Waals surface area contributed by atoms with E-state index >= 15 is 0 Å². The highest BCUT2D eigenvalue weighted by molar-refractivity contribution is 5.86. The van der Waals surface area contributed by atoms with Gasteiger partial charge in [0.25, 0.3) is 0 Å². The second-order valence-electron chi connectivity index (χ2n) is 6.24. The monoisotopic (exact) mass is 293 g/mol. The third-order valence-electron chi connectivity index (χ3n) is 4.24. The van der Waals surface area contributed by atoms with Crippen LogP contribution in [0, 0.1) is 17.7 Å². The topological polar surface area (TPSA) is 66.4 Å². The Bertz CT molecular complexity index is 556. The molecule has 0 spiro atoms. The Hall–Kier alpha value is -1.91. The van der Waals surface area contributed by atoms with E-state index in [1.807, 2.05) is 19.9 Å². The van der Waals surface area contributed by atoms with Crippen molar-refractivity contribution in [2.75, 3.05) is 6.54 Å². The number of halogens is 1. The van der Waals surface area contributed by atoms with E-state index in [-0.39, 0.29) is 11.7 Å². The maximum absolute atomic E-state index is 13.3. The van der Waals surface area contributed by atoms with E-state index in [4.69, 9.17) is 5.11 Å². The van der Waals surface area contributed by atoms with Crippen molar-refractivity contribution in [2.45, 2.75) is 32.1 Å². The first-order chi connectivity index (χ1) is 9.81. The Balaban J connectivity index is 1.95. The molecule has 2 N–H and O–H groups in total. The molecule has 2 unspecified atom stereocenters. The number of carboxylic acids is 1. The van der Waals surface area contributed by atoms with Crippen LogP contribution in [0.5, 0.6) is 0 Å². The van der Waals surface area contributed by atoms with Crippen LogP contribution in [0.2, 0.25) is 0 Å². The molecule has 5 heteroatoms. The molecule has 0 saturated heterocycles. The van der Waals surface area contributed by atoms with Crippen molar-refractivity contribution in [2.24, 2.45) is 11.8 Å². The first kappa shape index (κ1) is 15.5. The summed E-state index contributed by atoms with van der Waals surface area (Å²) < 4.78 is 13.3. The van der Waals surface area contributed by atoms with Crippen molar-refractivity contribution < 1.29 is 19.1 Å². The van der Waals surface area contributed by atoms with E-state index in [0.29, 0.717) is 19.4 Å². The van der Waals surface area contributed by atoms with Gasteiger partial charge in [-0.15, -0.1) is 0 Å². The summed E-state index contributed by atoms with van der Waals surface area (Å²) in [5, 5.41) is 11.8. The van der Waals surface area contributed by atoms with Gasteiger partial charge in [-0.2, -0.15) is 0 Å². The van der Waals surface area contributed by atoms with Crippen LogP contribution in [0.25, 0.3) is 0 Å². The Kier molecular flexibility index (Phi) is 4.30.